The van der Waals surface area contributed by atoms with Crippen LogP contribution < -0.4 is 0 Å². The van der Waals surface area contributed by atoms with Gasteiger partial charge in [0.1, 0.15) is 0 Å². The normalized spacial score (nSPS) is 0. The van der Waals surface area contributed by atoms with Gasteiger partial charge in [-0.05, 0) is 0 Å². The molecule has 0 saturated carbocycles. The van der Waals surface area contributed by atoms with Gasteiger partial charge in [-0.25, -0.2) is 0 Å². The third-order valence-electron chi connectivity index (χ3n) is 0. The average molecular weight is 105 g/mol. The van der Waals surface area contributed by atoms with Crippen molar-refractivity contribution in [2.24, 2.45) is 0 Å². The van der Waals surface area contributed by atoms with E-state index in [9.17, 15) is 0 Å². The largest absolute Gasteiger partial charge is 2.00 e. The van der Waals surface area contributed by atoms with Gasteiger partial charge in [0.2, 0.25) is 0 Å². The molecule has 0 aliphatic carbocycles. The Kier molecular flexibility index (Phi) is 2690. The van der Waals surface area contributed by atoms with Crippen LogP contribution in [0.4, 0.5) is 0 Å². The van der Waals surface area contributed by atoms with Gasteiger partial charge in [0.15, 0.2) is 0 Å². The van der Waals surface area contributed by atoms with Crippen molar-refractivity contribution in [3.8, 4) is 0 Å². The minimum atomic E-state index is 0. The molecule has 4 heavy (non-hydrogen) atoms. The molecule has 0 aromatic rings. The van der Waals surface area contributed by atoms with Crippen LogP contribution in [-0.2, 0) is 28.0 Å². The summed E-state index contributed by atoms with van der Waals surface area (Å²) in [5, 5.41) is 0. The van der Waals surface area contributed by atoms with Crippen molar-refractivity contribution in [2.75, 3.05) is 0 Å². The fraction of sp³-hybridized carbons (Fsp3) is 0. The van der Waals surface area contributed by atoms with E-state index in [0.717, 1.165) is 0 Å². The first-order chi connectivity index (χ1) is 0. The minimum absolute atomic E-state index is 0. The summed E-state index contributed by atoms with van der Waals surface area (Å²) < 4.78 is 0. The van der Waals surface area contributed by atoms with Crippen molar-refractivity contribution in [1.82, 2.24) is 0 Å². The maximum Gasteiger partial charge on any atom is 2.00 e. The molecule has 4 heteroatoms. The molecule has 0 fully saturated rings. The summed E-state index contributed by atoms with van der Waals surface area (Å²) in [7, 11) is 0. The molecular formula is BeCuO2. The smallest absolute Gasteiger partial charge is 2.00 e. The summed E-state index contributed by atoms with van der Waals surface area (Å²) in [4.78, 5) is 0. The second-order valence-electron chi connectivity index (χ2n) is 0. The molecular weight excluding hydrogens is 105 g/mol. The predicted molar refractivity (Wildman–Crippen MR) is 7.13 cm³/mol. The number of hydrogen-bond donors (Lipinski definition) is 0. The topological polar surface area (TPSA) is 57.0 Å². The van der Waals surface area contributed by atoms with Gasteiger partial charge in [0.25, 0.3) is 0 Å². The SMILES string of the molecule is [Be+2].[Cu+2].[O-2].[O-2]. The molecule has 2 nitrogen and oxygen atoms in total. The molecule has 1 radical (unpaired) electrons. The van der Waals surface area contributed by atoms with Crippen LogP contribution in [0.25, 0.3) is 0 Å². The van der Waals surface area contributed by atoms with E-state index in [1.807, 2.05) is 0 Å². The molecule has 0 aliphatic rings. The van der Waals surface area contributed by atoms with Gasteiger partial charge in [0, 0.05) is 0 Å². The van der Waals surface area contributed by atoms with E-state index in [4.69, 9.17) is 0 Å². The summed E-state index contributed by atoms with van der Waals surface area (Å²) in [6, 6.07) is 0. The first-order valence-corrected chi connectivity index (χ1v) is 0. The number of hydrogen-bond acceptors (Lipinski definition) is 0. The molecule has 0 rings (SSSR count). The molecule has 0 amide bonds. The Hall–Kier alpha value is 0.608. The standard InChI is InChI=1S/Be.Cu.2O/q2*+2;2*-2. The van der Waals surface area contributed by atoms with Gasteiger partial charge in [-0.1, -0.05) is 0 Å². The third-order valence-corrected chi connectivity index (χ3v) is 0. The van der Waals surface area contributed by atoms with Crippen LogP contribution in [0, 0.1) is 0 Å². The van der Waals surface area contributed by atoms with Crippen LogP contribution in [0.2, 0.25) is 0 Å². The minimum Gasteiger partial charge on any atom is -2.00 e. The van der Waals surface area contributed by atoms with Gasteiger partial charge in [-0.15, -0.1) is 0 Å². The van der Waals surface area contributed by atoms with Crippen molar-refractivity contribution in [3.63, 3.8) is 0 Å². The van der Waals surface area contributed by atoms with E-state index in [-0.39, 0.29) is 38.1 Å². The first-order valence-electron chi connectivity index (χ1n) is 0. The molecule has 0 spiro atoms. The van der Waals surface area contributed by atoms with Crippen LogP contribution in [0.15, 0.2) is 0 Å². The average Bonchev–Trinajstić information content (AvgIpc) is 0. The second-order valence-corrected chi connectivity index (χ2v) is 0. The van der Waals surface area contributed by atoms with Gasteiger partial charge in [-0.2, -0.15) is 0 Å². The molecule has 25 valence electrons. The van der Waals surface area contributed by atoms with E-state index in [2.05, 4.69) is 0 Å². The number of rotatable bonds is 0. The van der Waals surface area contributed by atoms with E-state index in [1.54, 1.807) is 0 Å². The predicted octanol–water partition coefficient (Wildman–Crippen LogP) is -0.621. The fourth-order valence-corrected chi connectivity index (χ4v) is 0. The first kappa shape index (κ1) is 162. The van der Waals surface area contributed by atoms with Gasteiger partial charge >= 0.3 is 27.2 Å². The zero-order valence-corrected chi connectivity index (χ0v) is 2.77. The van der Waals surface area contributed by atoms with Crippen LogP contribution in [0.1, 0.15) is 0 Å². The molecule has 0 aromatic heterocycles. The van der Waals surface area contributed by atoms with E-state index >= 15 is 0 Å². The molecule has 0 bridgehead atoms. The molecule has 0 aliphatic heterocycles. The summed E-state index contributed by atoms with van der Waals surface area (Å²) in [6.45, 7) is 0. The Bertz CT molecular complexity index is 6.00. The maximum absolute atomic E-state index is 0. The van der Waals surface area contributed by atoms with Crippen LogP contribution in [0.3, 0.4) is 0 Å². The quantitative estimate of drug-likeness (QED) is 0.368. The second kappa shape index (κ2) is 66.3. The summed E-state index contributed by atoms with van der Waals surface area (Å²) >= 11 is 0. The Morgan fingerprint density at radius 1 is 0.750 bits per heavy atom. The Morgan fingerprint density at radius 3 is 0.750 bits per heavy atom. The monoisotopic (exact) mass is 104 g/mol. The molecule has 0 unspecified atom stereocenters. The zero-order valence-electron chi connectivity index (χ0n) is 1.83. The van der Waals surface area contributed by atoms with E-state index in [0.29, 0.717) is 0 Å². The molecule has 0 saturated heterocycles. The fourth-order valence-electron chi connectivity index (χ4n) is 0. The van der Waals surface area contributed by atoms with Crippen LogP contribution in [0.5, 0.6) is 0 Å². The molecule has 0 N–H and O–H groups in total. The van der Waals surface area contributed by atoms with Gasteiger partial charge in [0.05, 0.1) is 0 Å². The maximum atomic E-state index is 0. The van der Waals surface area contributed by atoms with Crippen molar-refractivity contribution in [2.45, 2.75) is 0 Å². The summed E-state index contributed by atoms with van der Waals surface area (Å²) in [5.41, 5.74) is 0. The summed E-state index contributed by atoms with van der Waals surface area (Å²) in [5.74, 6) is 0. The Morgan fingerprint density at radius 2 is 0.750 bits per heavy atom. The van der Waals surface area contributed by atoms with Crippen LogP contribution in [-0.4, -0.2) is 10.1 Å². The summed E-state index contributed by atoms with van der Waals surface area (Å²) in [6.07, 6.45) is 0. The van der Waals surface area contributed by atoms with Crippen molar-refractivity contribution >= 4 is 10.1 Å². The molecule has 0 heterocycles. The Labute approximate surface area is 38.9 Å². The molecule has 0 atom stereocenters. The van der Waals surface area contributed by atoms with E-state index < -0.39 is 0 Å². The van der Waals surface area contributed by atoms with Crippen LogP contribution >= 0.6 is 0 Å². The van der Waals surface area contributed by atoms with E-state index in [1.165, 1.54) is 0 Å². The van der Waals surface area contributed by atoms with Gasteiger partial charge < -0.3 is 11.0 Å². The van der Waals surface area contributed by atoms with Gasteiger partial charge in [-0.3, -0.25) is 0 Å². The van der Waals surface area contributed by atoms with Crippen molar-refractivity contribution in [1.29, 1.82) is 0 Å². The molecule has 0 aromatic carbocycles. The van der Waals surface area contributed by atoms with Crippen molar-refractivity contribution < 1.29 is 28.0 Å². The third kappa shape index (κ3) is 18.2. The zero-order chi connectivity index (χ0) is 0. The van der Waals surface area contributed by atoms with Crippen molar-refractivity contribution in [3.05, 3.63) is 0 Å². The Balaban J connectivity index is 0.